The second-order valence-corrected chi connectivity index (χ2v) is 4.63. The Kier molecular flexibility index (Phi) is 3.21. The van der Waals surface area contributed by atoms with Crippen LogP contribution in [0.3, 0.4) is 0 Å². The summed E-state index contributed by atoms with van der Waals surface area (Å²) in [6.45, 7) is 0. The first kappa shape index (κ1) is 9.81. The molecule has 0 bridgehead atoms. The molecule has 0 aliphatic heterocycles. The number of carbonyl (C=O) groups is 1. The fourth-order valence-electron chi connectivity index (χ4n) is 0.377. The first-order chi connectivity index (χ1) is 4.34. The van der Waals surface area contributed by atoms with Crippen molar-refractivity contribution >= 4 is 16.7 Å². The Hall–Kier alpha value is -0.190. The molecule has 1 nitrogen and oxygen atoms in total. The highest BCUT2D eigenvalue weighted by Gasteiger charge is 2.37. The van der Waals surface area contributed by atoms with Crippen LogP contribution in [-0.4, -0.2) is 30.2 Å². The topological polar surface area (TPSA) is 17.1 Å². The lowest BCUT2D eigenvalue weighted by atomic mass is 10.4. The van der Waals surface area contributed by atoms with Gasteiger partial charge in [0.15, 0.2) is 0 Å². The van der Waals surface area contributed by atoms with E-state index in [2.05, 4.69) is 0 Å². The Morgan fingerprint density at radius 1 is 1.40 bits per heavy atom. The van der Waals surface area contributed by atoms with Crippen molar-refractivity contribution in [1.82, 2.24) is 0 Å². The molecule has 0 saturated heterocycles. The molecule has 10 heavy (non-hydrogen) atoms. The summed E-state index contributed by atoms with van der Waals surface area (Å²) in [6.07, 6.45) is -1.36. The summed E-state index contributed by atoms with van der Waals surface area (Å²) in [4.78, 5) is 10.2. The van der Waals surface area contributed by atoms with E-state index in [1.165, 1.54) is 0 Å². The third kappa shape index (κ3) is 3.76. The van der Waals surface area contributed by atoms with Gasteiger partial charge in [0.25, 0.3) is 0 Å². The maximum atomic E-state index is 11.5. The highest BCUT2D eigenvalue weighted by Crippen LogP contribution is 2.22. The molecule has 0 spiro atoms. The monoisotopic (exact) mass is 174 g/mol. The molecule has 62 valence electrons. The van der Waals surface area contributed by atoms with Crippen molar-refractivity contribution in [3.8, 4) is 0 Å². The molecule has 0 radical (unpaired) electrons. The van der Waals surface area contributed by atoms with Gasteiger partial charge in [-0.15, -0.1) is 0 Å². The van der Waals surface area contributed by atoms with Crippen LogP contribution in [0.5, 0.6) is 0 Å². The van der Waals surface area contributed by atoms with E-state index >= 15 is 0 Å². The zero-order valence-corrected chi connectivity index (χ0v) is 6.59. The Balaban J connectivity index is 3.87. The molecular weight excluding hydrogens is 165 g/mol. The molecule has 0 fully saturated rings. The lowest BCUT2D eigenvalue weighted by Gasteiger charge is -2.09. The Morgan fingerprint density at radius 2 is 1.80 bits per heavy atom. The number of hydrogen-bond acceptors (Lipinski definition) is 1. The molecular formula is C5H9F3OS. The molecule has 5 heteroatoms. The van der Waals surface area contributed by atoms with Gasteiger partial charge in [-0.1, -0.05) is 0 Å². The van der Waals surface area contributed by atoms with Crippen LogP contribution in [0.15, 0.2) is 0 Å². The maximum Gasteiger partial charge on any atom is 0.450 e. The molecule has 0 N–H and O–H groups in total. The molecule has 0 amide bonds. The summed E-state index contributed by atoms with van der Waals surface area (Å²) < 4.78 is 34.4. The fourth-order valence-corrected chi connectivity index (χ4v) is 1.13. The Morgan fingerprint density at radius 3 is 1.90 bits per heavy atom. The van der Waals surface area contributed by atoms with Crippen LogP contribution < -0.4 is 0 Å². The van der Waals surface area contributed by atoms with Crippen LogP contribution in [0.1, 0.15) is 0 Å². The summed E-state index contributed by atoms with van der Waals surface area (Å²) in [5.74, 6) is -1.96. The molecule has 0 unspecified atom stereocenters. The molecule has 0 aromatic heterocycles. The van der Waals surface area contributed by atoms with Crippen molar-refractivity contribution < 1.29 is 18.0 Å². The predicted octanol–water partition coefficient (Wildman–Crippen LogP) is 1.38. The summed E-state index contributed by atoms with van der Waals surface area (Å²) in [7, 11) is -0.774. The van der Waals surface area contributed by atoms with Gasteiger partial charge in [0, 0.05) is 5.75 Å². The van der Waals surface area contributed by atoms with Crippen LogP contribution in [0, 0.1) is 0 Å². The van der Waals surface area contributed by atoms with E-state index < -0.39 is 22.9 Å². The lowest BCUT2D eigenvalue weighted by Crippen LogP contribution is -2.25. The molecule has 0 aromatic carbocycles. The quantitative estimate of drug-likeness (QED) is 0.626. The molecule has 0 aliphatic rings. The summed E-state index contributed by atoms with van der Waals surface area (Å²) >= 11 is 0. The number of ketones is 1. The van der Waals surface area contributed by atoms with Gasteiger partial charge in [-0.05, 0) is 12.5 Å². The molecule has 0 aliphatic carbocycles. The van der Waals surface area contributed by atoms with Crippen molar-refractivity contribution in [2.24, 2.45) is 0 Å². The Labute approximate surface area is 59.9 Å². The van der Waals surface area contributed by atoms with Crippen molar-refractivity contribution in [3.05, 3.63) is 0 Å². The van der Waals surface area contributed by atoms with E-state index in [4.69, 9.17) is 0 Å². The number of halogens is 3. The SMILES string of the molecule is C[SH](C)CC(=O)C(F)(F)F. The molecule has 0 saturated carbocycles. The van der Waals surface area contributed by atoms with Gasteiger partial charge in [-0.3, -0.25) is 15.7 Å². The number of Topliss-reactive ketones (excluding diaryl/α,β-unsaturated/α-hetero) is 1. The van der Waals surface area contributed by atoms with Gasteiger partial charge >= 0.3 is 6.18 Å². The number of carbonyl (C=O) groups excluding carboxylic acids is 1. The second kappa shape index (κ2) is 3.27. The third-order valence-electron chi connectivity index (χ3n) is 0.776. The Bertz CT molecular complexity index is 129. The first-order valence-electron chi connectivity index (χ1n) is 2.59. The van der Waals surface area contributed by atoms with Crippen molar-refractivity contribution in [1.29, 1.82) is 0 Å². The zero-order valence-electron chi connectivity index (χ0n) is 5.70. The molecule has 0 heterocycles. The van der Waals surface area contributed by atoms with E-state index in [9.17, 15) is 18.0 Å². The minimum atomic E-state index is -4.63. The van der Waals surface area contributed by atoms with Crippen LogP contribution in [0.4, 0.5) is 13.2 Å². The average molecular weight is 174 g/mol. The highest BCUT2D eigenvalue weighted by molar-refractivity contribution is 8.16. The van der Waals surface area contributed by atoms with Gasteiger partial charge in [-0.25, -0.2) is 0 Å². The van der Waals surface area contributed by atoms with Gasteiger partial charge in [-0.2, -0.15) is 13.2 Å². The maximum absolute atomic E-state index is 11.5. The average Bonchev–Trinajstić information content (AvgIpc) is 1.60. The van der Waals surface area contributed by atoms with Gasteiger partial charge in [0.05, 0.1) is 0 Å². The van der Waals surface area contributed by atoms with Crippen LogP contribution in [-0.2, 0) is 4.79 Å². The van der Waals surface area contributed by atoms with Crippen molar-refractivity contribution in [2.45, 2.75) is 6.18 Å². The normalized spacial score (nSPS) is 13.1. The van der Waals surface area contributed by atoms with Gasteiger partial charge < -0.3 is 0 Å². The molecule has 0 atom stereocenters. The summed E-state index contributed by atoms with van der Waals surface area (Å²) in [5, 5.41) is 0. The first-order valence-corrected chi connectivity index (χ1v) is 5.01. The minimum absolute atomic E-state index is 0.348. The van der Waals surface area contributed by atoms with E-state index in [1.807, 2.05) is 0 Å². The molecule has 0 aromatic rings. The predicted molar refractivity (Wildman–Crippen MR) is 36.8 cm³/mol. The lowest BCUT2D eigenvalue weighted by molar-refractivity contribution is -0.167. The van der Waals surface area contributed by atoms with Crippen molar-refractivity contribution in [3.63, 3.8) is 0 Å². The van der Waals surface area contributed by atoms with E-state index in [0.717, 1.165) is 0 Å². The van der Waals surface area contributed by atoms with Crippen molar-refractivity contribution in [2.75, 3.05) is 18.3 Å². The zero-order chi connectivity index (χ0) is 8.36. The van der Waals surface area contributed by atoms with Crippen LogP contribution >= 0.6 is 10.9 Å². The highest BCUT2D eigenvalue weighted by atomic mass is 32.2. The standard InChI is InChI=1S/C5H9F3OS/c1-10(2)3-4(9)5(6,7)8/h10H,3H2,1-2H3. The smallest absolute Gasteiger partial charge is 0.289 e. The summed E-state index contributed by atoms with van der Waals surface area (Å²) in [5.41, 5.74) is 0. The fraction of sp³-hybridized carbons (Fsp3) is 0.800. The second-order valence-electron chi connectivity index (χ2n) is 2.16. The number of alkyl halides is 3. The van der Waals surface area contributed by atoms with Gasteiger partial charge in [0.1, 0.15) is 0 Å². The number of thiol groups is 1. The van der Waals surface area contributed by atoms with Crippen LogP contribution in [0.2, 0.25) is 0 Å². The van der Waals surface area contributed by atoms with E-state index in [1.54, 1.807) is 12.5 Å². The molecule has 0 rings (SSSR count). The number of rotatable bonds is 2. The minimum Gasteiger partial charge on any atom is -0.289 e. The van der Waals surface area contributed by atoms with Gasteiger partial charge in [0.2, 0.25) is 5.78 Å². The van der Waals surface area contributed by atoms with E-state index in [-0.39, 0.29) is 5.75 Å². The third-order valence-corrected chi connectivity index (χ3v) is 1.70. The number of hydrogen-bond donors (Lipinski definition) is 1. The van der Waals surface area contributed by atoms with Crippen LogP contribution in [0.25, 0.3) is 0 Å². The van der Waals surface area contributed by atoms with E-state index in [0.29, 0.717) is 0 Å². The summed E-state index contributed by atoms with van der Waals surface area (Å²) in [6, 6.07) is 0. The largest absolute Gasteiger partial charge is 0.450 e.